The maximum Gasteiger partial charge on any atom is 0.419 e. The standard InChI is InChI=1S/C34H45F4N11O6S/c1-32(2,3)55-31(50)47-12-9-46(10-13-47)11-14-48-20-24(44-45-48)21-54-15-8-41-56(52,53)25-6-7-28(27(35)16-25)42-30-39-18-26(34(36,37)38)29(43-30)23-17-40-49(19-23)22-33(4,5)51/h6-7,16-20,41,51H,8-15,21-22H2,1-5H3,(H,39,42,43). The highest BCUT2D eigenvalue weighted by atomic mass is 32.2. The summed E-state index contributed by atoms with van der Waals surface area (Å²) in [5.74, 6) is -1.42. The summed E-state index contributed by atoms with van der Waals surface area (Å²) >= 11 is 0. The van der Waals surface area contributed by atoms with E-state index in [1.165, 1.54) is 24.7 Å². The number of amides is 1. The molecule has 1 amide bonds. The van der Waals surface area contributed by atoms with Crippen LogP contribution in [0.3, 0.4) is 0 Å². The number of nitrogens with one attached hydrogen (secondary N) is 2. The SMILES string of the molecule is CC(C)(O)Cn1cc(-c2nc(Nc3ccc(S(=O)(=O)NCCOCc4cn(CCN5CCN(C(=O)OC(C)(C)C)CC5)nn4)cc3F)ncc2C(F)(F)F)cn1. The minimum atomic E-state index is -4.82. The summed E-state index contributed by atoms with van der Waals surface area (Å²) in [5.41, 5.74) is -3.19. The van der Waals surface area contributed by atoms with E-state index < -0.39 is 49.4 Å². The molecule has 5 rings (SSSR count). The van der Waals surface area contributed by atoms with E-state index in [2.05, 4.69) is 40.3 Å². The van der Waals surface area contributed by atoms with Crippen molar-refractivity contribution < 1.29 is 45.4 Å². The zero-order chi connectivity index (χ0) is 40.9. The van der Waals surface area contributed by atoms with Crippen LogP contribution in [-0.4, -0.2) is 121 Å². The average Bonchev–Trinajstić information content (AvgIpc) is 3.75. The number of rotatable bonds is 15. The van der Waals surface area contributed by atoms with Gasteiger partial charge >= 0.3 is 12.3 Å². The van der Waals surface area contributed by atoms with Gasteiger partial charge in [-0.05, 0) is 52.8 Å². The third-order valence-electron chi connectivity index (χ3n) is 8.09. The fourth-order valence-corrected chi connectivity index (χ4v) is 6.49. The second kappa shape index (κ2) is 17.2. The van der Waals surface area contributed by atoms with Crippen LogP contribution in [-0.2, 0) is 45.4 Å². The van der Waals surface area contributed by atoms with Crippen LogP contribution in [0.25, 0.3) is 11.3 Å². The molecule has 0 bridgehead atoms. The van der Waals surface area contributed by atoms with Crippen molar-refractivity contribution in [3.63, 3.8) is 0 Å². The van der Waals surface area contributed by atoms with Crippen LogP contribution in [0.4, 0.5) is 34.0 Å². The molecule has 0 aliphatic carbocycles. The molecular weight excluding hydrogens is 767 g/mol. The number of piperazine rings is 1. The van der Waals surface area contributed by atoms with Gasteiger partial charge in [-0.3, -0.25) is 14.3 Å². The highest BCUT2D eigenvalue weighted by molar-refractivity contribution is 7.89. The Morgan fingerprint density at radius 2 is 1.73 bits per heavy atom. The molecule has 17 nitrogen and oxygen atoms in total. The number of hydrogen-bond acceptors (Lipinski definition) is 13. The Balaban J connectivity index is 1.08. The maximum absolute atomic E-state index is 15.1. The number of benzene rings is 1. The first-order valence-electron chi connectivity index (χ1n) is 17.6. The fraction of sp³-hybridized carbons (Fsp3) is 0.529. The monoisotopic (exact) mass is 811 g/mol. The Bertz CT molecular complexity index is 2070. The number of anilines is 2. The predicted octanol–water partition coefficient (Wildman–Crippen LogP) is 3.65. The molecule has 0 spiro atoms. The highest BCUT2D eigenvalue weighted by Crippen LogP contribution is 2.36. The van der Waals surface area contributed by atoms with Crippen molar-refractivity contribution in [1.29, 1.82) is 0 Å². The lowest BCUT2D eigenvalue weighted by molar-refractivity contribution is -0.137. The van der Waals surface area contributed by atoms with E-state index in [4.69, 9.17) is 9.47 Å². The summed E-state index contributed by atoms with van der Waals surface area (Å²) in [4.78, 5) is 23.4. The average molecular weight is 812 g/mol. The van der Waals surface area contributed by atoms with Crippen LogP contribution in [0, 0.1) is 5.82 Å². The first-order chi connectivity index (χ1) is 26.1. The van der Waals surface area contributed by atoms with E-state index in [-0.39, 0.29) is 49.6 Å². The molecule has 1 aliphatic rings. The van der Waals surface area contributed by atoms with Crippen LogP contribution in [0.5, 0.6) is 0 Å². The van der Waals surface area contributed by atoms with Gasteiger partial charge in [-0.1, -0.05) is 5.21 Å². The quantitative estimate of drug-likeness (QED) is 0.116. The van der Waals surface area contributed by atoms with Crippen molar-refractivity contribution in [2.75, 3.05) is 51.2 Å². The Morgan fingerprint density at radius 3 is 2.39 bits per heavy atom. The molecule has 4 aromatic rings. The van der Waals surface area contributed by atoms with Gasteiger partial charge in [-0.15, -0.1) is 5.10 Å². The third-order valence-corrected chi connectivity index (χ3v) is 9.55. The topological polar surface area (TPSA) is 195 Å². The molecule has 1 saturated heterocycles. The van der Waals surface area contributed by atoms with E-state index in [9.17, 15) is 31.5 Å². The van der Waals surface area contributed by atoms with Gasteiger partial charge in [0.1, 0.15) is 22.7 Å². The summed E-state index contributed by atoms with van der Waals surface area (Å²) < 4.78 is 98.5. The molecule has 3 aromatic heterocycles. The molecule has 0 atom stereocenters. The van der Waals surface area contributed by atoms with E-state index in [1.807, 2.05) is 20.8 Å². The van der Waals surface area contributed by atoms with Crippen molar-refractivity contribution in [3.05, 3.63) is 60.1 Å². The number of nitrogens with zero attached hydrogens (tertiary/aromatic N) is 9. The molecule has 0 unspecified atom stereocenters. The largest absolute Gasteiger partial charge is 0.444 e. The summed E-state index contributed by atoms with van der Waals surface area (Å²) in [6, 6.07) is 2.95. The number of ether oxygens (including phenoxy) is 2. The van der Waals surface area contributed by atoms with Crippen molar-refractivity contribution in [2.45, 2.75) is 76.6 Å². The second-order valence-electron chi connectivity index (χ2n) is 14.7. The van der Waals surface area contributed by atoms with Crippen molar-refractivity contribution in [1.82, 2.24) is 49.3 Å². The van der Waals surface area contributed by atoms with Gasteiger partial charge in [0.15, 0.2) is 0 Å². The smallest absolute Gasteiger partial charge is 0.419 e. The van der Waals surface area contributed by atoms with Gasteiger partial charge in [0.2, 0.25) is 16.0 Å². The minimum absolute atomic E-state index is 0.00124. The van der Waals surface area contributed by atoms with Crippen molar-refractivity contribution >= 4 is 27.8 Å². The highest BCUT2D eigenvalue weighted by Gasteiger charge is 2.36. The van der Waals surface area contributed by atoms with Crippen LogP contribution >= 0.6 is 0 Å². The molecule has 0 radical (unpaired) electrons. The lowest BCUT2D eigenvalue weighted by Gasteiger charge is -2.35. The normalized spacial score (nSPS) is 14.6. The van der Waals surface area contributed by atoms with E-state index in [0.717, 1.165) is 24.4 Å². The molecule has 1 fully saturated rings. The number of alkyl halides is 3. The van der Waals surface area contributed by atoms with Crippen LogP contribution in [0.2, 0.25) is 0 Å². The first kappa shape index (κ1) is 42.4. The van der Waals surface area contributed by atoms with Gasteiger partial charge in [0, 0.05) is 57.2 Å². The van der Waals surface area contributed by atoms with Gasteiger partial charge in [-0.25, -0.2) is 32.3 Å². The predicted molar refractivity (Wildman–Crippen MR) is 193 cm³/mol. The number of aromatic nitrogens is 7. The fourth-order valence-electron chi connectivity index (χ4n) is 5.47. The molecule has 1 aliphatic heterocycles. The van der Waals surface area contributed by atoms with Gasteiger partial charge in [0.05, 0.1) is 60.6 Å². The Kier molecular flexibility index (Phi) is 13.0. The van der Waals surface area contributed by atoms with Gasteiger partial charge < -0.3 is 24.8 Å². The molecule has 1 aromatic carbocycles. The molecule has 306 valence electrons. The Hall–Kier alpha value is -4.77. The number of carbonyl (C=O) groups excluding carboxylic acids is 1. The molecule has 22 heteroatoms. The van der Waals surface area contributed by atoms with E-state index in [0.29, 0.717) is 51.2 Å². The van der Waals surface area contributed by atoms with Gasteiger partial charge in [0.25, 0.3) is 0 Å². The molecule has 3 N–H and O–H groups in total. The molecule has 0 saturated carbocycles. The van der Waals surface area contributed by atoms with Crippen LogP contribution < -0.4 is 10.0 Å². The number of sulfonamides is 1. The number of aliphatic hydroxyl groups is 1. The first-order valence-corrected chi connectivity index (χ1v) is 19.1. The summed E-state index contributed by atoms with van der Waals surface area (Å²) in [5, 5.41) is 24.7. The number of hydrogen-bond donors (Lipinski definition) is 3. The summed E-state index contributed by atoms with van der Waals surface area (Å²) in [6.07, 6.45) is -0.434. The van der Waals surface area contributed by atoms with Crippen LogP contribution in [0.15, 0.2) is 47.9 Å². The molecule has 56 heavy (non-hydrogen) atoms. The van der Waals surface area contributed by atoms with Crippen LogP contribution in [0.1, 0.15) is 45.9 Å². The number of halogens is 4. The summed E-state index contributed by atoms with van der Waals surface area (Å²) in [7, 11) is -4.17. The lowest BCUT2D eigenvalue weighted by Crippen LogP contribution is -2.50. The number of carbonyl (C=O) groups is 1. The summed E-state index contributed by atoms with van der Waals surface area (Å²) in [6.45, 7) is 12.2. The van der Waals surface area contributed by atoms with Crippen molar-refractivity contribution in [3.8, 4) is 11.3 Å². The van der Waals surface area contributed by atoms with E-state index >= 15 is 4.39 Å². The molecular formula is C34H45F4N11O6S. The Labute approximate surface area is 321 Å². The lowest BCUT2D eigenvalue weighted by atomic mass is 10.1. The zero-order valence-corrected chi connectivity index (χ0v) is 32.4. The second-order valence-corrected chi connectivity index (χ2v) is 16.5. The van der Waals surface area contributed by atoms with Gasteiger partial charge in [-0.2, -0.15) is 18.3 Å². The Morgan fingerprint density at radius 1 is 1.00 bits per heavy atom. The zero-order valence-electron chi connectivity index (χ0n) is 31.5. The maximum atomic E-state index is 15.1. The minimum Gasteiger partial charge on any atom is -0.444 e. The van der Waals surface area contributed by atoms with E-state index in [1.54, 1.807) is 15.8 Å². The third kappa shape index (κ3) is 12.1. The van der Waals surface area contributed by atoms with Crippen molar-refractivity contribution in [2.24, 2.45) is 0 Å². The molecule has 4 heterocycles.